The first kappa shape index (κ1) is 26.8. The van der Waals surface area contributed by atoms with Gasteiger partial charge in [0.15, 0.2) is 11.5 Å². The van der Waals surface area contributed by atoms with Crippen LogP contribution in [0.1, 0.15) is 18.1 Å². The molecule has 4 rings (SSSR count). The molecule has 37 heavy (non-hydrogen) atoms. The van der Waals surface area contributed by atoms with Crippen LogP contribution in [0.2, 0.25) is 5.02 Å². The molecule has 0 radical (unpaired) electrons. The number of amides is 3. The number of thioether (sulfide) groups is 1. The van der Waals surface area contributed by atoms with Gasteiger partial charge in [-0.15, -0.1) is 0 Å². The SMILES string of the molecule is CCOc1cc(/C=C2/SC(=O)N(CC(=O)Nc3ccc(Br)cc3)C2=O)ccc1OCc1ccc(Cl)cc1. The summed E-state index contributed by atoms with van der Waals surface area (Å²) in [4.78, 5) is 38.9. The molecule has 190 valence electrons. The number of halogens is 2. The second-order valence-corrected chi connectivity index (χ2v) is 10.2. The van der Waals surface area contributed by atoms with Crippen LogP contribution in [0.4, 0.5) is 10.5 Å². The molecule has 0 aromatic heterocycles. The lowest BCUT2D eigenvalue weighted by molar-refractivity contribution is -0.127. The van der Waals surface area contributed by atoms with E-state index in [0.29, 0.717) is 41.0 Å². The predicted molar refractivity (Wildman–Crippen MR) is 149 cm³/mol. The fraction of sp³-hybridized carbons (Fsp3) is 0.148. The van der Waals surface area contributed by atoms with Crippen molar-refractivity contribution in [3.8, 4) is 11.5 Å². The van der Waals surface area contributed by atoms with E-state index in [2.05, 4.69) is 21.2 Å². The maximum atomic E-state index is 12.9. The Balaban J connectivity index is 1.44. The van der Waals surface area contributed by atoms with E-state index in [9.17, 15) is 14.4 Å². The zero-order chi connectivity index (χ0) is 26.4. The molecule has 1 fully saturated rings. The van der Waals surface area contributed by atoms with Gasteiger partial charge in [0.1, 0.15) is 13.2 Å². The van der Waals surface area contributed by atoms with Crippen LogP contribution in [-0.4, -0.2) is 35.1 Å². The van der Waals surface area contributed by atoms with Gasteiger partial charge < -0.3 is 14.8 Å². The molecule has 0 bridgehead atoms. The Morgan fingerprint density at radius 1 is 1.03 bits per heavy atom. The second-order valence-electron chi connectivity index (χ2n) is 7.88. The maximum absolute atomic E-state index is 12.9. The minimum absolute atomic E-state index is 0.221. The van der Waals surface area contributed by atoms with Crippen LogP contribution in [0.25, 0.3) is 6.08 Å². The van der Waals surface area contributed by atoms with Gasteiger partial charge in [0.2, 0.25) is 5.91 Å². The molecule has 1 aliphatic rings. The van der Waals surface area contributed by atoms with Crippen molar-refractivity contribution in [3.05, 3.63) is 92.3 Å². The highest BCUT2D eigenvalue weighted by atomic mass is 79.9. The van der Waals surface area contributed by atoms with Crippen molar-refractivity contribution in [2.75, 3.05) is 18.5 Å². The summed E-state index contributed by atoms with van der Waals surface area (Å²) in [7, 11) is 0. The summed E-state index contributed by atoms with van der Waals surface area (Å²) in [5.41, 5.74) is 2.18. The van der Waals surface area contributed by atoms with Crippen LogP contribution < -0.4 is 14.8 Å². The molecule has 3 aromatic carbocycles. The molecule has 1 heterocycles. The first-order valence-corrected chi connectivity index (χ1v) is 13.3. The summed E-state index contributed by atoms with van der Waals surface area (Å²) < 4.78 is 12.5. The molecule has 3 aromatic rings. The van der Waals surface area contributed by atoms with Gasteiger partial charge in [-0.3, -0.25) is 19.3 Å². The highest BCUT2D eigenvalue weighted by Gasteiger charge is 2.36. The first-order chi connectivity index (χ1) is 17.8. The molecule has 3 amide bonds. The first-order valence-electron chi connectivity index (χ1n) is 11.3. The summed E-state index contributed by atoms with van der Waals surface area (Å²) in [6.45, 7) is 2.24. The van der Waals surface area contributed by atoms with E-state index in [-0.39, 0.29) is 11.4 Å². The molecule has 0 spiro atoms. The van der Waals surface area contributed by atoms with Crippen molar-refractivity contribution in [2.45, 2.75) is 13.5 Å². The second kappa shape index (κ2) is 12.3. The van der Waals surface area contributed by atoms with Gasteiger partial charge in [-0.2, -0.15) is 0 Å². The van der Waals surface area contributed by atoms with Crippen molar-refractivity contribution in [1.29, 1.82) is 0 Å². The quantitative estimate of drug-likeness (QED) is 0.273. The summed E-state index contributed by atoms with van der Waals surface area (Å²) in [5.74, 6) is 0.0682. The minimum Gasteiger partial charge on any atom is -0.490 e. The Hall–Kier alpha value is -3.27. The van der Waals surface area contributed by atoms with E-state index in [1.807, 2.05) is 19.1 Å². The minimum atomic E-state index is -0.526. The number of hydrogen-bond donors (Lipinski definition) is 1. The predicted octanol–water partition coefficient (Wildman–Crippen LogP) is 6.76. The highest BCUT2D eigenvalue weighted by molar-refractivity contribution is 9.10. The molecule has 1 saturated heterocycles. The van der Waals surface area contributed by atoms with Gasteiger partial charge in [0.05, 0.1) is 11.5 Å². The number of nitrogens with zero attached hydrogens (tertiary/aromatic N) is 1. The molecule has 0 aliphatic carbocycles. The zero-order valence-corrected chi connectivity index (χ0v) is 22.9. The molecule has 1 N–H and O–H groups in total. The Kier molecular flexibility index (Phi) is 8.91. The van der Waals surface area contributed by atoms with E-state index in [1.54, 1.807) is 60.7 Å². The van der Waals surface area contributed by atoms with Crippen molar-refractivity contribution < 1.29 is 23.9 Å². The van der Waals surface area contributed by atoms with Crippen LogP contribution in [0.15, 0.2) is 76.1 Å². The Labute approximate surface area is 231 Å². The van der Waals surface area contributed by atoms with Crippen molar-refractivity contribution in [1.82, 2.24) is 4.90 Å². The topological polar surface area (TPSA) is 84.9 Å². The summed E-state index contributed by atoms with van der Waals surface area (Å²) >= 11 is 10.1. The molecular formula is C27H22BrClN2O5S. The largest absolute Gasteiger partial charge is 0.490 e. The Morgan fingerprint density at radius 3 is 2.46 bits per heavy atom. The van der Waals surface area contributed by atoms with Crippen molar-refractivity contribution in [2.24, 2.45) is 0 Å². The van der Waals surface area contributed by atoms with Gasteiger partial charge in [-0.05, 0) is 84.4 Å². The average molecular weight is 602 g/mol. The lowest BCUT2D eigenvalue weighted by atomic mass is 10.1. The number of ether oxygens (including phenoxy) is 2. The standard InChI is InChI=1S/C27H22BrClN2O5S/c1-2-35-23-13-18(5-12-22(23)36-16-17-3-8-20(29)9-4-17)14-24-26(33)31(27(34)37-24)15-25(32)30-21-10-6-19(28)7-11-21/h3-14H,2,15-16H2,1H3,(H,30,32)/b24-14+. The zero-order valence-electron chi connectivity index (χ0n) is 19.7. The van der Waals surface area contributed by atoms with Gasteiger partial charge in [0.25, 0.3) is 11.1 Å². The van der Waals surface area contributed by atoms with Crippen LogP contribution in [0.5, 0.6) is 11.5 Å². The number of hydrogen-bond acceptors (Lipinski definition) is 6. The van der Waals surface area contributed by atoms with Crippen LogP contribution in [0, 0.1) is 0 Å². The van der Waals surface area contributed by atoms with E-state index in [0.717, 1.165) is 26.7 Å². The third-order valence-electron chi connectivity index (χ3n) is 5.18. The van der Waals surface area contributed by atoms with E-state index in [1.165, 1.54) is 0 Å². The number of anilines is 1. The van der Waals surface area contributed by atoms with Gasteiger partial charge in [0, 0.05) is 15.2 Å². The molecule has 0 saturated carbocycles. The van der Waals surface area contributed by atoms with Crippen LogP contribution >= 0.6 is 39.3 Å². The van der Waals surface area contributed by atoms with Gasteiger partial charge in [-0.25, -0.2) is 0 Å². The lowest BCUT2D eigenvalue weighted by Crippen LogP contribution is -2.36. The van der Waals surface area contributed by atoms with E-state index >= 15 is 0 Å². The third kappa shape index (κ3) is 7.15. The number of rotatable bonds is 9. The Bertz CT molecular complexity index is 1350. The molecule has 10 heteroatoms. The summed E-state index contributed by atoms with van der Waals surface area (Å²) in [6.07, 6.45) is 1.60. The third-order valence-corrected chi connectivity index (χ3v) is 6.86. The van der Waals surface area contributed by atoms with Gasteiger partial charge in [-0.1, -0.05) is 45.7 Å². The number of imide groups is 1. The van der Waals surface area contributed by atoms with Crippen molar-refractivity contribution >= 4 is 68.1 Å². The monoisotopic (exact) mass is 600 g/mol. The molecule has 0 atom stereocenters. The molecular weight excluding hydrogens is 580 g/mol. The number of carbonyl (C=O) groups excluding carboxylic acids is 3. The van der Waals surface area contributed by atoms with E-state index in [4.69, 9.17) is 21.1 Å². The fourth-order valence-electron chi connectivity index (χ4n) is 3.41. The summed E-state index contributed by atoms with van der Waals surface area (Å²) in [6, 6.07) is 19.6. The number of benzene rings is 3. The molecule has 0 unspecified atom stereocenters. The highest BCUT2D eigenvalue weighted by Crippen LogP contribution is 2.35. The smallest absolute Gasteiger partial charge is 0.294 e. The van der Waals surface area contributed by atoms with Crippen LogP contribution in [0.3, 0.4) is 0 Å². The number of carbonyl (C=O) groups is 3. The fourth-order valence-corrected chi connectivity index (χ4v) is 4.64. The van der Waals surface area contributed by atoms with E-state index < -0.39 is 17.1 Å². The van der Waals surface area contributed by atoms with Gasteiger partial charge >= 0.3 is 0 Å². The molecule has 1 aliphatic heterocycles. The lowest BCUT2D eigenvalue weighted by Gasteiger charge is -2.13. The maximum Gasteiger partial charge on any atom is 0.294 e. The average Bonchev–Trinajstić information content (AvgIpc) is 3.13. The Morgan fingerprint density at radius 2 is 1.76 bits per heavy atom. The molecule has 7 nitrogen and oxygen atoms in total. The van der Waals surface area contributed by atoms with Crippen molar-refractivity contribution in [3.63, 3.8) is 0 Å². The normalized spacial score (nSPS) is 14.2. The summed E-state index contributed by atoms with van der Waals surface area (Å²) in [5, 5.41) is 2.83. The van der Waals surface area contributed by atoms with Crippen LogP contribution in [-0.2, 0) is 16.2 Å². The number of nitrogens with one attached hydrogen (secondary N) is 1.